The minimum absolute atomic E-state index is 0.00652. The molecule has 0 bridgehead atoms. The molecule has 1 aliphatic rings. The Hall–Kier alpha value is -1.00. The van der Waals surface area contributed by atoms with Crippen molar-refractivity contribution in [3.05, 3.63) is 29.8 Å². The molecule has 1 heterocycles. The van der Waals surface area contributed by atoms with Gasteiger partial charge in [-0.15, -0.1) is 11.8 Å². The van der Waals surface area contributed by atoms with Gasteiger partial charge in [-0.25, -0.2) is 0 Å². The van der Waals surface area contributed by atoms with Crippen LogP contribution in [0.25, 0.3) is 0 Å². The van der Waals surface area contributed by atoms with Gasteiger partial charge in [0.15, 0.2) is 0 Å². The molecule has 3 nitrogen and oxygen atoms in total. The number of likely N-dealkylation sites (N-methyl/N-ethyl adjacent to an activating group) is 1. The molecule has 0 saturated heterocycles. The van der Waals surface area contributed by atoms with E-state index in [0.717, 1.165) is 6.42 Å². The van der Waals surface area contributed by atoms with Crippen LogP contribution in [0.15, 0.2) is 29.2 Å². The van der Waals surface area contributed by atoms with Gasteiger partial charge in [0.25, 0.3) is 0 Å². The summed E-state index contributed by atoms with van der Waals surface area (Å²) in [5, 5.41) is 9.03. The predicted octanol–water partition coefficient (Wildman–Crippen LogP) is 1.54. The van der Waals surface area contributed by atoms with Crippen molar-refractivity contribution < 1.29 is 9.90 Å². The number of rotatable bonds is 3. The Morgan fingerprint density at radius 3 is 2.94 bits per heavy atom. The van der Waals surface area contributed by atoms with Crippen molar-refractivity contribution in [2.24, 2.45) is 0 Å². The fourth-order valence-corrected chi connectivity index (χ4v) is 3.18. The molecule has 0 aromatic heterocycles. The van der Waals surface area contributed by atoms with Crippen LogP contribution in [0.2, 0.25) is 0 Å². The van der Waals surface area contributed by atoms with Crippen molar-refractivity contribution >= 4 is 17.7 Å². The fraction of sp³-hybridized carbons (Fsp3) is 0.462. The number of aliphatic hydroxyl groups excluding tert-OH is 1. The monoisotopic (exact) mass is 251 g/mol. The first-order valence-corrected chi connectivity index (χ1v) is 6.63. The molecule has 1 aromatic carbocycles. The highest BCUT2D eigenvalue weighted by molar-refractivity contribution is 8.01. The number of hydrogen-bond donors (Lipinski definition) is 1. The molecule has 1 aromatic rings. The number of thioether (sulfide) groups is 1. The minimum atomic E-state index is -0.119. The summed E-state index contributed by atoms with van der Waals surface area (Å²) in [4.78, 5) is 15.1. The normalized spacial score (nSPS) is 19.8. The second-order valence-electron chi connectivity index (χ2n) is 4.40. The molecule has 1 aliphatic heterocycles. The lowest BCUT2D eigenvalue weighted by molar-refractivity contribution is -0.131. The van der Waals surface area contributed by atoms with Gasteiger partial charge in [0.2, 0.25) is 5.91 Å². The van der Waals surface area contributed by atoms with Crippen LogP contribution < -0.4 is 0 Å². The third kappa shape index (κ3) is 2.48. The van der Waals surface area contributed by atoms with Crippen LogP contribution in [-0.2, 0) is 11.2 Å². The molecule has 92 valence electrons. The van der Waals surface area contributed by atoms with Crippen LogP contribution in [0.3, 0.4) is 0 Å². The first-order chi connectivity index (χ1) is 8.13. The third-order valence-electron chi connectivity index (χ3n) is 3.20. The maximum absolute atomic E-state index is 12.2. The highest BCUT2D eigenvalue weighted by Gasteiger charge is 2.31. The third-order valence-corrected chi connectivity index (χ3v) is 4.50. The van der Waals surface area contributed by atoms with Crippen LogP contribution in [-0.4, -0.2) is 40.9 Å². The Morgan fingerprint density at radius 2 is 2.29 bits per heavy atom. The number of nitrogens with zero attached hydrogens (tertiary/aromatic N) is 1. The molecule has 4 heteroatoms. The van der Waals surface area contributed by atoms with Crippen LogP contribution in [0.1, 0.15) is 12.5 Å². The highest BCUT2D eigenvalue weighted by Crippen LogP contribution is 2.37. The number of fused-ring (bicyclic) bond motifs is 1. The number of benzene rings is 1. The van der Waals surface area contributed by atoms with Crippen LogP contribution in [0.5, 0.6) is 0 Å². The van der Waals surface area contributed by atoms with Crippen molar-refractivity contribution in [1.82, 2.24) is 4.90 Å². The molecule has 2 atom stereocenters. The molecular weight excluding hydrogens is 234 g/mol. The van der Waals surface area contributed by atoms with E-state index in [1.165, 1.54) is 10.5 Å². The topological polar surface area (TPSA) is 40.5 Å². The average Bonchev–Trinajstić information content (AvgIpc) is 2.79. The van der Waals surface area contributed by atoms with Gasteiger partial charge < -0.3 is 10.0 Å². The molecule has 1 N–H and O–H groups in total. The lowest BCUT2D eigenvalue weighted by atomic mass is 10.1. The number of carbonyl (C=O) groups excluding carboxylic acids is 1. The summed E-state index contributed by atoms with van der Waals surface area (Å²) in [5.74, 6) is 0.104. The minimum Gasteiger partial charge on any atom is -0.394 e. The van der Waals surface area contributed by atoms with Gasteiger partial charge in [-0.3, -0.25) is 4.79 Å². The van der Waals surface area contributed by atoms with E-state index < -0.39 is 0 Å². The van der Waals surface area contributed by atoms with E-state index in [4.69, 9.17) is 5.11 Å². The van der Waals surface area contributed by atoms with E-state index in [1.807, 2.05) is 19.1 Å². The zero-order valence-corrected chi connectivity index (χ0v) is 10.9. The zero-order valence-electron chi connectivity index (χ0n) is 10.1. The molecule has 0 fully saturated rings. The molecule has 0 saturated carbocycles. The predicted molar refractivity (Wildman–Crippen MR) is 69.1 cm³/mol. The van der Waals surface area contributed by atoms with Gasteiger partial charge in [0.05, 0.1) is 17.9 Å². The van der Waals surface area contributed by atoms with Crippen molar-refractivity contribution in [3.63, 3.8) is 0 Å². The summed E-state index contributed by atoms with van der Waals surface area (Å²) in [5.41, 5.74) is 1.25. The van der Waals surface area contributed by atoms with E-state index in [2.05, 4.69) is 12.1 Å². The first kappa shape index (κ1) is 12.5. The van der Waals surface area contributed by atoms with E-state index in [-0.39, 0.29) is 23.8 Å². The lowest BCUT2D eigenvalue weighted by Crippen LogP contribution is -2.42. The Balaban J connectivity index is 2.05. The van der Waals surface area contributed by atoms with Crippen molar-refractivity contribution in [3.8, 4) is 0 Å². The maximum Gasteiger partial charge on any atom is 0.236 e. The molecule has 17 heavy (non-hydrogen) atoms. The molecular formula is C13H17NO2S. The van der Waals surface area contributed by atoms with Gasteiger partial charge >= 0.3 is 0 Å². The summed E-state index contributed by atoms with van der Waals surface area (Å²) >= 11 is 1.63. The van der Waals surface area contributed by atoms with Crippen molar-refractivity contribution in [2.45, 2.75) is 29.5 Å². The number of aliphatic hydroxyl groups is 1. The first-order valence-electron chi connectivity index (χ1n) is 5.75. The second kappa shape index (κ2) is 5.10. The number of carbonyl (C=O) groups is 1. The molecule has 0 aliphatic carbocycles. The van der Waals surface area contributed by atoms with Crippen LogP contribution >= 0.6 is 11.8 Å². The molecule has 0 spiro atoms. The summed E-state index contributed by atoms with van der Waals surface area (Å²) in [6.45, 7) is 1.86. The van der Waals surface area contributed by atoms with Crippen molar-refractivity contribution in [2.75, 3.05) is 13.7 Å². The standard InChI is InChI=1S/C13H17NO2S/c1-9(8-15)14(2)13(16)12-7-10-5-3-4-6-11(10)17-12/h3-6,9,12,15H,7-8H2,1-2H3. The van der Waals surface area contributed by atoms with Crippen LogP contribution in [0, 0.1) is 0 Å². The SMILES string of the molecule is CC(CO)N(C)C(=O)C1Cc2ccccc2S1. The van der Waals surface area contributed by atoms with E-state index in [1.54, 1.807) is 23.7 Å². The van der Waals surface area contributed by atoms with Crippen LogP contribution in [0.4, 0.5) is 0 Å². The van der Waals surface area contributed by atoms with Crippen molar-refractivity contribution in [1.29, 1.82) is 0 Å². The molecule has 0 radical (unpaired) electrons. The summed E-state index contributed by atoms with van der Waals surface area (Å²) < 4.78 is 0. The maximum atomic E-state index is 12.2. The van der Waals surface area contributed by atoms with E-state index in [0.29, 0.717) is 0 Å². The Labute approximate surface area is 106 Å². The molecule has 2 rings (SSSR count). The summed E-state index contributed by atoms with van der Waals surface area (Å²) in [7, 11) is 1.76. The smallest absolute Gasteiger partial charge is 0.236 e. The lowest BCUT2D eigenvalue weighted by Gasteiger charge is -2.25. The fourth-order valence-electron chi connectivity index (χ4n) is 1.89. The van der Waals surface area contributed by atoms with Gasteiger partial charge in [0.1, 0.15) is 0 Å². The molecule has 1 amide bonds. The zero-order chi connectivity index (χ0) is 12.4. The number of hydrogen-bond acceptors (Lipinski definition) is 3. The Morgan fingerprint density at radius 1 is 1.59 bits per heavy atom. The summed E-state index contributed by atoms with van der Waals surface area (Å²) in [6.07, 6.45) is 0.794. The highest BCUT2D eigenvalue weighted by atomic mass is 32.2. The number of amides is 1. The van der Waals surface area contributed by atoms with E-state index >= 15 is 0 Å². The van der Waals surface area contributed by atoms with Gasteiger partial charge in [-0.2, -0.15) is 0 Å². The van der Waals surface area contributed by atoms with Gasteiger partial charge in [-0.05, 0) is 25.0 Å². The van der Waals surface area contributed by atoms with Gasteiger partial charge in [-0.1, -0.05) is 18.2 Å². The Kier molecular flexibility index (Phi) is 3.74. The largest absolute Gasteiger partial charge is 0.394 e. The average molecular weight is 251 g/mol. The Bertz CT molecular complexity index is 397. The van der Waals surface area contributed by atoms with E-state index in [9.17, 15) is 4.79 Å². The molecule has 2 unspecified atom stereocenters. The quantitative estimate of drug-likeness (QED) is 0.886. The second-order valence-corrected chi connectivity index (χ2v) is 5.64. The summed E-state index contributed by atoms with van der Waals surface area (Å²) in [6, 6.07) is 8.02. The van der Waals surface area contributed by atoms with Gasteiger partial charge in [0, 0.05) is 11.9 Å².